The normalized spacial score (nSPS) is 13.9. The Balaban J connectivity index is 2.82. The summed E-state index contributed by atoms with van der Waals surface area (Å²) in [5.41, 5.74) is 0.604. The summed E-state index contributed by atoms with van der Waals surface area (Å²) in [5, 5.41) is 3.36. The molecule has 0 bridgehead atoms. The summed E-state index contributed by atoms with van der Waals surface area (Å²) in [6.07, 6.45) is -0.193. The molecule has 0 amide bonds. The Labute approximate surface area is 110 Å². The van der Waals surface area contributed by atoms with Gasteiger partial charge in [0, 0.05) is 17.6 Å². The maximum Gasteiger partial charge on any atom is 0.129 e. The van der Waals surface area contributed by atoms with Crippen LogP contribution in [0.5, 0.6) is 0 Å². The van der Waals surface area contributed by atoms with Crippen molar-refractivity contribution in [1.82, 2.24) is 5.32 Å². The smallest absolute Gasteiger partial charge is 0.129 e. The Morgan fingerprint density at radius 1 is 1.22 bits per heavy atom. The predicted molar refractivity (Wildman–Crippen MR) is 73.1 cm³/mol. The van der Waals surface area contributed by atoms with E-state index in [-0.39, 0.29) is 23.6 Å². The Morgan fingerprint density at radius 2 is 1.83 bits per heavy atom. The molecule has 102 valence electrons. The fraction of sp³-hybridized carbons (Fsp3) is 0.600. The summed E-state index contributed by atoms with van der Waals surface area (Å²) in [6.45, 7) is 10.8. The van der Waals surface area contributed by atoms with Gasteiger partial charge in [-0.15, -0.1) is 0 Å². The molecule has 0 saturated heterocycles. The molecular formula is C15H24FNO. The van der Waals surface area contributed by atoms with Crippen LogP contribution in [0.1, 0.15) is 46.3 Å². The monoisotopic (exact) mass is 253 g/mol. The van der Waals surface area contributed by atoms with E-state index in [1.54, 1.807) is 12.1 Å². The first kappa shape index (κ1) is 15.1. The van der Waals surface area contributed by atoms with Crippen molar-refractivity contribution in [3.63, 3.8) is 0 Å². The second-order valence-electron chi connectivity index (χ2n) is 5.83. The third-order valence-electron chi connectivity index (χ3n) is 2.51. The second-order valence-corrected chi connectivity index (χ2v) is 5.83. The third-order valence-corrected chi connectivity index (χ3v) is 2.51. The molecule has 0 fully saturated rings. The molecule has 1 aromatic rings. The Hall–Kier alpha value is -0.930. The van der Waals surface area contributed by atoms with Crippen LogP contribution < -0.4 is 5.32 Å². The van der Waals surface area contributed by atoms with E-state index in [1.165, 1.54) is 6.07 Å². The summed E-state index contributed by atoms with van der Waals surface area (Å²) >= 11 is 0. The van der Waals surface area contributed by atoms with Crippen LogP contribution >= 0.6 is 0 Å². The van der Waals surface area contributed by atoms with Gasteiger partial charge in [0.2, 0.25) is 0 Å². The molecule has 0 aliphatic rings. The number of hydrogen-bond donors (Lipinski definition) is 1. The predicted octanol–water partition coefficient (Wildman–Crippen LogP) is 3.68. The molecule has 18 heavy (non-hydrogen) atoms. The zero-order chi connectivity index (χ0) is 13.8. The minimum absolute atomic E-state index is 0.0101. The van der Waals surface area contributed by atoms with Gasteiger partial charge in [0.1, 0.15) is 5.82 Å². The van der Waals surface area contributed by atoms with Crippen LogP contribution in [0.3, 0.4) is 0 Å². The summed E-state index contributed by atoms with van der Waals surface area (Å²) in [6, 6.07) is 6.80. The molecule has 1 aromatic carbocycles. The van der Waals surface area contributed by atoms with Crippen LogP contribution in [0.2, 0.25) is 0 Å². The van der Waals surface area contributed by atoms with Crippen LogP contribution in [0, 0.1) is 5.82 Å². The SMILES string of the molecule is CC(C)OC(CNC(C)(C)C)c1ccccc1F. The van der Waals surface area contributed by atoms with Gasteiger partial charge in [0.05, 0.1) is 12.2 Å². The zero-order valence-corrected chi connectivity index (χ0v) is 12.0. The van der Waals surface area contributed by atoms with Crippen molar-refractivity contribution in [2.45, 2.75) is 52.4 Å². The highest BCUT2D eigenvalue weighted by molar-refractivity contribution is 5.20. The average molecular weight is 253 g/mol. The number of nitrogens with one attached hydrogen (secondary N) is 1. The number of rotatable bonds is 5. The van der Waals surface area contributed by atoms with Crippen LogP contribution in [-0.4, -0.2) is 18.2 Å². The van der Waals surface area contributed by atoms with Crippen LogP contribution in [0.25, 0.3) is 0 Å². The molecule has 0 spiro atoms. The van der Waals surface area contributed by atoms with Gasteiger partial charge in [-0.05, 0) is 40.7 Å². The van der Waals surface area contributed by atoms with Crippen molar-refractivity contribution in [2.24, 2.45) is 0 Å². The van der Waals surface area contributed by atoms with Crippen molar-refractivity contribution in [3.05, 3.63) is 35.6 Å². The third kappa shape index (κ3) is 5.15. The maximum atomic E-state index is 13.8. The van der Waals surface area contributed by atoms with E-state index in [0.717, 1.165) is 0 Å². The topological polar surface area (TPSA) is 21.3 Å². The average Bonchev–Trinajstić information content (AvgIpc) is 2.23. The number of benzene rings is 1. The van der Waals surface area contributed by atoms with Crippen molar-refractivity contribution in [3.8, 4) is 0 Å². The molecular weight excluding hydrogens is 229 g/mol. The molecule has 0 aliphatic heterocycles. The molecule has 2 nitrogen and oxygen atoms in total. The lowest BCUT2D eigenvalue weighted by Crippen LogP contribution is -2.39. The summed E-state index contributed by atoms with van der Waals surface area (Å²) < 4.78 is 19.6. The van der Waals surface area contributed by atoms with Crippen LogP contribution in [0.15, 0.2) is 24.3 Å². The Morgan fingerprint density at radius 3 is 2.33 bits per heavy atom. The van der Waals surface area contributed by atoms with E-state index in [2.05, 4.69) is 26.1 Å². The van der Waals surface area contributed by atoms with Crippen molar-refractivity contribution >= 4 is 0 Å². The number of halogens is 1. The van der Waals surface area contributed by atoms with Crippen molar-refractivity contribution in [1.29, 1.82) is 0 Å². The van der Waals surface area contributed by atoms with Gasteiger partial charge in [-0.25, -0.2) is 4.39 Å². The zero-order valence-electron chi connectivity index (χ0n) is 12.0. The summed E-state index contributed by atoms with van der Waals surface area (Å²) in [4.78, 5) is 0. The lowest BCUT2D eigenvalue weighted by Gasteiger charge is -2.27. The van der Waals surface area contributed by atoms with Crippen LogP contribution in [0.4, 0.5) is 4.39 Å². The summed E-state index contributed by atoms with van der Waals surface area (Å²) in [5.74, 6) is -0.209. The molecule has 0 aromatic heterocycles. The minimum atomic E-state index is -0.259. The molecule has 0 saturated carbocycles. The van der Waals surface area contributed by atoms with Gasteiger partial charge < -0.3 is 10.1 Å². The van der Waals surface area contributed by atoms with Gasteiger partial charge in [0.15, 0.2) is 0 Å². The number of ether oxygens (including phenoxy) is 1. The molecule has 0 heterocycles. The van der Waals surface area contributed by atoms with Crippen molar-refractivity contribution < 1.29 is 9.13 Å². The first-order chi connectivity index (χ1) is 8.29. The molecule has 1 unspecified atom stereocenters. The summed E-state index contributed by atoms with van der Waals surface area (Å²) in [7, 11) is 0. The highest BCUT2D eigenvalue weighted by Gasteiger charge is 2.20. The van der Waals surface area contributed by atoms with E-state index in [4.69, 9.17) is 4.74 Å². The van der Waals surface area contributed by atoms with Gasteiger partial charge >= 0.3 is 0 Å². The fourth-order valence-corrected chi connectivity index (χ4v) is 1.70. The van der Waals surface area contributed by atoms with Gasteiger partial charge in [-0.1, -0.05) is 18.2 Å². The lowest BCUT2D eigenvalue weighted by atomic mass is 10.1. The second kappa shape index (κ2) is 6.30. The highest BCUT2D eigenvalue weighted by atomic mass is 19.1. The van der Waals surface area contributed by atoms with E-state index in [1.807, 2.05) is 19.9 Å². The van der Waals surface area contributed by atoms with Crippen molar-refractivity contribution in [2.75, 3.05) is 6.54 Å². The van der Waals surface area contributed by atoms with Gasteiger partial charge in [-0.2, -0.15) is 0 Å². The van der Waals surface area contributed by atoms with Gasteiger partial charge in [0.25, 0.3) is 0 Å². The number of hydrogen-bond acceptors (Lipinski definition) is 2. The van der Waals surface area contributed by atoms with E-state index < -0.39 is 0 Å². The molecule has 1 N–H and O–H groups in total. The molecule has 1 atom stereocenters. The Bertz CT molecular complexity index is 371. The van der Waals surface area contributed by atoms with E-state index in [0.29, 0.717) is 12.1 Å². The fourth-order valence-electron chi connectivity index (χ4n) is 1.70. The lowest BCUT2D eigenvalue weighted by molar-refractivity contribution is 0.00220. The highest BCUT2D eigenvalue weighted by Crippen LogP contribution is 2.22. The standard InChI is InChI=1S/C15H24FNO/c1-11(2)18-14(10-17-15(3,4)5)12-8-6-7-9-13(12)16/h6-9,11,14,17H,10H2,1-5H3. The van der Waals surface area contributed by atoms with Gasteiger partial charge in [-0.3, -0.25) is 0 Å². The molecule has 3 heteroatoms. The first-order valence-electron chi connectivity index (χ1n) is 6.44. The van der Waals surface area contributed by atoms with Crippen LogP contribution in [-0.2, 0) is 4.74 Å². The Kier molecular flexibility index (Phi) is 5.29. The van der Waals surface area contributed by atoms with E-state index >= 15 is 0 Å². The molecule has 1 rings (SSSR count). The quantitative estimate of drug-likeness (QED) is 0.864. The van der Waals surface area contributed by atoms with E-state index in [9.17, 15) is 4.39 Å². The maximum absolute atomic E-state index is 13.8. The molecule has 0 radical (unpaired) electrons. The largest absolute Gasteiger partial charge is 0.369 e. The molecule has 0 aliphatic carbocycles. The first-order valence-corrected chi connectivity index (χ1v) is 6.44. The minimum Gasteiger partial charge on any atom is -0.369 e.